The molecule has 0 aliphatic heterocycles. The van der Waals surface area contributed by atoms with Crippen molar-refractivity contribution in [2.75, 3.05) is 0 Å². The summed E-state index contributed by atoms with van der Waals surface area (Å²) in [5.74, 6) is 0. The third kappa shape index (κ3) is 2.67. The van der Waals surface area contributed by atoms with Crippen LogP contribution in [0.15, 0.2) is 36.5 Å². The Hall–Kier alpha value is -1.51. The lowest BCUT2D eigenvalue weighted by Crippen LogP contribution is -1.94. The third-order valence-corrected chi connectivity index (χ3v) is 4.09. The van der Waals surface area contributed by atoms with Gasteiger partial charge < -0.3 is 4.98 Å². The van der Waals surface area contributed by atoms with Crippen molar-refractivity contribution in [3.8, 4) is 0 Å². The largest absolute Gasteiger partial charge is 0.344 e. The number of benzene rings is 1. The Bertz CT molecular complexity index is 742. The highest BCUT2D eigenvalue weighted by atomic mass is 35.5. The van der Waals surface area contributed by atoms with Gasteiger partial charge in [0.1, 0.15) is 5.65 Å². The molecule has 0 radical (unpaired) electrons. The zero-order valence-corrected chi connectivity index (χ0v) is 12.6. The molecule has 0 aliphatic rings. The first-order valence-corrected chi connectivity index (χ1v) is 7.26. The maximum atomic E-state index is 6.19. The number of rotatable bonds is 3. The minimum absolute atomic E-state index is 0.726. The average molecular weight is 305 g/mol. The number of aryl methyl sites for hydroxylation is 2. The molecule has 0 aliphatic carbocycles. The minimum Gasteiger partial charge on any atom is -0.344 e. The maximum Gasteiger partial charge on any atom is 0.137 e. The van der Waals surface area contributed by atoms with Crippen molar-refractivity contribution in [2.24, 2.45) is 0 Å². The summed E-state index contributed by atoms with van der Waals surface area (Å²) in [5.41, 5.74) is 4.24. The number of hydrogen-bond donors (Lipinski definition) is 1. The first-order valence-electron chi connectivity index (χ1n) is 6.50. The van der Waals surface area contributed by atoms with E-state index in [0.29, 0.717) is 0 Å². The number of aromatic nitrogens is 2. The van der Waals surface area contributed by atoms with Gasteiger partial charge >= 0.3 is 0 Å². The zero-order valence-electron chi connectivity index (χ0n) is 11.1. The molecule has 0 amide bonds. The molecule has 0 atom stereocenters. The number of H-pyrrole nitrogens is 1. The van der Waals surface area contributed by atoms with Gasteiger partial charge in [-0.3, -0.25) is 0 Å². The number of hydrogen-bond acceptors (Lipinski definition) is 1. The minimum atomic E-state index is 0.726. The fraction of sp³-hybridized carbons (Fsp3) is 0.188. The van der Waals surface area contributed by atoms with E-state index in [0.717, 1.165) is 45.2 Å². The van der Waals surface area contributed by atoms with E-state index >= 15 is 0 Å². The Morgan fingerprint density at radius 1 is 1.10 bits per heavy atom. The molecule has 2 nitrogen and oxygen atoms in total. The molecule has 0 unspecified atom stereocenters. The fourth-order valence-corrected chi connectivity index (χ4v) is 2.96. The zero-order chi connectivity index (χ0) is 14.1. The highest BCUT2D eigenvalue weighted by Crippen LogP contribution is 2.26. The van der Waals surface area contributed by atoms with Gasteiger partial charge in [-0.05, 0) is 55.2 Å². The van der Waals surface area contributed by atoms with Gasteiger partial charge in [-0.1, -0.05) is 29.3 Å². The SMILES string of the molecule is Cc1cc2cc(CCc3c(Cl)cccc3Cl)cnc2[nH]1. The summed E-state index contributed by atoms with van der Waals surface area (Å²) in [6, 6.07) is 9.88. The number of aromatic amines is 1. The molecule has 0 saturated carbocycles. The summed E-state index contributed by atoms with van der Waals surface area (Å²) < 4.78 is 0. The van der Waals surface area contributed by atoms with Gasteiger partial charge in [0, 0.05) is 27.3 Å². The molecular weight excluding hydrogens is 291 g/mol. The van der Waals surface area contributed by atoms with E-state index in [4.69, 9.17) is 23.2 Å². The van der Waals surface area contributed by atoms with Crippen molar-refractivity contribution < 1.29 is 0 Å². The summed E-state index contributed by atoms with van der Waals surface area (Å²) in [5, 5.41) is 2.60. The quantitative estimate of drug-likeness (QED) is 0.727. The lowest BCUT2D eigenvalue weighted by atomic mass is 10.1. The van der Waals surface area contributed by atoms with Crippen LogP contribution >= 0.6 is 23.2 Å². The Kier molecular flexibility index (Phi) is 3.68. The first-order chi connectivity index (χ1) is 9.63. The second-order valence-corrected chi connectivity index (χ2v) is 5.75. The molecule has 3 rings (SSSR count). The molecular formula is C16H14Cl2N2. The van der Waals surface area contributed by atoms with Gasteiger partial charge in [0.2, 0.25) is 0 Å². The standard InChI is InChI=1S/C16H14Cl2N2/c1-10-7-12-8-11(9-19-16(12)20-10)5-6-13-14(17)3-2-4-15(13)18/h2-4,7-9H,5-6H2,1H3,(H,19,20). The molecule has 0 fully saturated rings. The van der Waals surface area contributed by atoms with Crippen molar-refractivity contribution in [2.45, 2.75) is 19.8 Å². The van der Waals surface area contributed by atoms with Crippen molar-refractivity contribution in [1.82, 2.24) is 9.97 Å². The average Bonchev–Trinajstić information content (AvgIpc) is 2.77. The molecule has 4 heteroatoms. The van der Waals surface area contributed by atoms with Crippen molar-refractivity contribution in [3.63, 3.8) is 0 Å². The second kappa shape index (κ2) is 5.47. The molecule has 2 aromatic heterocycles. The smallest absolute Gasteiger partial charge is 0.137 e. The summed E-state index contributed by atoms with van der Waals surface area (Å²) in [7, 11) is 0. The van der Waals surface area contributed by atoms with Gasteiger partial charge in [-0.15, -0.1) is 0 Å². The van der Waals surface area contributed by atoms with E-state index in [9.17, 15) is 0 Å². The fourth-order valence-electron chi connectivity index (χ4n) is 2.38. The predicted octanol–water partition coefficient (Wildman–Crippen LogP) is 4.96. The van der Waals surface area contributed by atoms with Crippen LogP contribution in [0.25, 0.3) is 11.0 Å². The van der Waals surface area contributed by atoms with Gasteiger partial charge in [-0.2, -0.15) is 0 Å². The van der Waals surface area contributed by atoms with E-state index in [-0.39, 0.29) is 0 Å². The number of nitrogens with zero attached hydrogens (tertiary/aromatic N) is 1. The monoisotopic (exact) mass is 304 g/mol. The molecule has 0 saturated heterocycles. The molecule has 1 aromatic carbocycles. The Morgan fingerprint density at radius 2 is 1.85 bits per heavy atom. The van der Waals surface area contributed by atoms with E-state index in [1.807, 2.05) is 31.3 Å². The molecule has 0 bridgehead atoms. The molecule has 0 spiro atoms. The van der Waals surface area contributed by atoms with Gasteiger partial charge in [0.15, 0.2) is 0 Å². The van der Waals surface area contributed by atoms with Crippen LogP contribution in [0.1, 0.15) is 16.8 Å². The van der Waals surface area contributed by atoms with Crippen LogP contribution in [0, 0.1) is 6.92 Å². The van der Waals surface area contributed by atoms with Crippen LogP contribution < -0.4 is 0 Å². The lowest BCUT2D eigenvalue weighted by molar-refractivity contribution is 0.954. The molecule has 3 aromatic rings. The predicted molar refractivity (Wildman–Crippen MR) is 84.7 cm³/mol. The van der Waals surface area contributed by atoms with Crippen LogP contribution in [0.5, 0.6) is 0 Å². The summed E-state index contributed by atoms with van der Waals surface area (Å²) in [6.45, 7) is 2.03. The normalized spacial score (nSPS) is 11.2. The summed E-state index contributed by atoms with van der Waals surface area (Å²) >= 11 is 12.4. The Balaban J connectivity index is 1.83. The van der Waals surface area contributed by atoms with Crippen molar-refractivity contribution in [1.29, 1.82) is 0 Å². The molecule has 2 heterocycles. The Morgan fingerprint density at radius 3 is 2.60 bits per heavy atom. The number of fused-ring (bicyclic) bond motifs is 1. The summed E-state index contributed by atoms with van der Waals surface area (Å²) in [4.78, 5) is 7.66. The number of nitrogens with one attached hydrogen (secondary N) is 1. The van der Waals surface area contributed by atoms with Gasteiger partial charge in [0.05, 0.1) is 0 Å². The maximum absolute atomic E-state index is 6.19. The topological polar surface area (TPSA) is 28.7 Å². The van der Waals surface area contributed by atoms with E-state index in [1.54, 1.807) is 0 Å². The van der Waals surface area contributed by atoms with E-state index in [2.05, 4.69) is 22.1 Å². The lowest BCUT2D eigenvalue weighted by Gasteiger charge is -2.06. The van der Waals surface area contributed by atoms with Crippen LogP contribution in [-0.4, -0.2) is 9.97 Å². The van der Waals surface area contributed by atoms with Crippen molar-refractivity contribution >= 4 is 34.2 Å². The van der Waals surface area contributed by atoms with Gasteiger partial charge in [0.25, 0.3) is 0 Å². The highest BCUT2D eigenvalue weighted by Gasteiger charge is 2.07. The van der Waals surface area contributed by atoms with E-state index < -0.39 is 0 Å². The Labute approximate surface area is 127 Å². The molecule has 1 N–H and O–H groups in total. The van der Waals surface area contributed by atoms with Crippen LogP contribution in [0.2, 0.25) is 10.0 Å². The van der Waals surface area contributed by atoms with Gasteiger partial charge in [-0.25, -0.2) is 4.98 Å². The molecule has 20 heavy (non-hydrogen) atoms. The molecule has 102 valence electrons. The third-order valence-electron chi connectivity index (χ3n) is 3.39. The number of halogens is 2. The second-order valence-electron chi connectivity index (χ2n) is 4.93. The summed E-state index contributed by atoms with van der Waals surface area (Å²) in [6.07, 6.45) is 3.59. The highest BCUT2D eigenvalue weighted by molar-refractivity contribution is 6.35. The van der Waals surface area contributed by atoms with Crippen LogP contribution in [0.3, 0.4) is 0 Å². The van der Waals surface area contributed by atoms with E-state index in [1.165, 1.54) is 5.56 Å². The van der Waals surface area contributed by atoms with Crippen LogP contribution in [-0.2, 0) is 12.8 Å². The number of pyridine rings is 1. The van der Waals surface area contributed by atoms with Crippen molar-refractivity contribution in [3.05, 3.63) is 63.4 Å². The first kappa shape index (κ1) is 13.5. The van der Waals surface area contributed by atoms with Crippen LogP contribution in [0.4, 0.5) is 0 Å².